The van der Waals surface area contributed by atoms with E-state index in [9.17, 15) is 4.79 Å². The van der Waals surface area contributed by atoms with Gasteiger partial charge in [0.05, 0.1) is 0 Å². The molecule has 104 valence electrons. The molecule has 0 aliphatic heterocycles. The van der Waals surface area contributed by atoms with Gasteiger partial charge in [0, 0.05) is 19.6 Å². The first-order valence-corrected chi connectivity index (χ1v) is 6.81. The molecule has 0 saturated heterocycles. The van der Waals surface area contributed by atoms with Crippen LogP contribution in [0.5, 0.6) is 0 Å². The lowest BCUT2D eigenvalue weighted by molar-refractivity contribution is -0.121. The number of carbonyl (C=O) groups excluding carboxylic acids is 1. The Morgan fingerprint density at radius 2 is 1.71 bits per heavy atom. The molecule has 0 fully saturated rings. The fourth-order valence-electron chi connectivity index (χ4n) is 0.913. The van der Waals surface area contributed by atoms with Crippen LogP contribution in [0, 0.1) is 11.8 Å². The van der Waals surface area contributed by atoms with Gasteiger partial charge in [-0.1, -0.05) is 41.0 Å². The maximum atomic E-state index is 11.1. The summed E-state index contributed by atoms with van der Waals surface area (Å²) in [5.41, 5.74) is 0. The standard InChI is InChI=1S/C10H21NO.C4H10O/c1-4-5-8-11-10(12)7-6-9(2)3;1-4(2)3-5/h9H,4-8H2,1-3H3,(H,11,12);4-5H,3H2,1-2H3. The molecule has 0 heterocycles. The topological polar surface area (TPSA) is 49.3 Å². The van der Waals surface area contributed by atoms with E-state index in [0.29, 0.717) is 24.9 Å². The first-order chi connectivity index (χ1) is 7.93. The Kier molecular flexibility index (Phi) is 14.9. The molecule has 0 aliphatic rings. The number of unbranched alkanes of at least 4 members (excludes halogenated alkanes) is 1. The van der Waals surface area contributed by atoms with Crippen molar-refractivity contribution in [1.29, 1.82) is 0 Å². The van der Waals surface area contributed by atoms with Crippen LogP contribution in [0.1, 0.15) is 60.3 Å². The third-order valence-electron chi connectivity index (χ3n) is 2.17. The first-order valence-electron chi connectivity index (χ1n) is 6.81. The highest BCUT2D eigenvalue weighted by Crippen LogP contribution is 2.02. The Morgan fingerprint density at radius 1 is 1.18 bits per heavy atom. The lowest BCUT2D eigenvalue weighted by Gasteiger charge is -2.05. The summed E-state index contributed by atoms with van der Waals surface area (Å²) in [6.07, 6.45) is 3.91. The largest absolute Gasteiger partial charge is 0.396 e. The number of hydrogen-bond donors (Lipinski definition) is 2. The quantitative estimate of drug-likeness (QED) is 0.677. The van der Waals surface area contributed by atoms with Crippen molar-refractivity contribution in [3.63, 3.8) is 0 Å². The minimum atomic E-state index is 0.206. The second-order valence-corrected chi connectivity index (χ2v) is 5.21. The molecule has 0 saturated carbocycles. The molecular formula is C14H31NO2. The van der Waals surface area contributed by atoms with E-state index < -0.39 is 0 Å². The smallest absolute Gasteiger partial charge is 0.220 e. The monoisotopic (exact) mass is 245 g/mol. The Morgan fingerprint density at radius 3 is 2.06 bits per heavy atom. The average molecular weight is 245 g/mol. The molecule has 0 bridgehead atoms. The van der Waals surface area contributed by atoms with Crippen molar-refractivity contribution in [1.82, 2.24) is 5.32 Å². The van der Waals surface area contributed by atoms with E-state index in [4.69, 9.17) is 5.11 Å². The molecule has 0 rings (SSSR count). The number of amides is 1. The molecule has 0 spiro atoms. The number of rotatable bonds is 7. The van der Waals surface area contributed by atoms with Gasteiger partial charge < -0.3 is 10.4 Å². The molecule has 17 heavy (non-hydrogen) atoms. The third-order valence-corrected chi connectivity index (χ3v) is 2.17. The van der Waals surface area contributed by atoms with Gasteiger partial charge in [-0.05, 0) is 24.7 Å². The van der Waals surface area contributed by atoms with Crippen molar-refractivity contribution in [2.75, 3.05) is 13.2 Å². The highest BCUT2D eigenvalue weighted by Gasteiger charge is 2.01. The van der Waals surface area contributed by atoms with E-state index in [2.05, 4.69) is 26.1 Å². The van der Waals surface area contributed by atoms with E-state index in [0.717, 1.165) is 25.8 Å². The van der Waals surface area contributed by atoms with E-state index in [1.807, 2.05) is 13.8 Å². The van der Waals surface area contributed by atoms with Crippen LogP contribution in [-0.4, -0.2) is 24.2 Å². The number of carbonyl (C=O) groups is 1. The van der Waals surface area contributed by atoms with Crippen molar-refractivity contribution < 1.29 is 9.90 Å². The molecule has 2 N–H and O–H groups in total. The number of aliphatic hydroxyl groups is 1. The maximum Gasteiger partial charge on any atom is 0.220 e. The molecule has 0 aliphatic carbocycles. The summed E-state index contributed by atoms with van der Waals surface area (Å²) in [7, 11) is 0. The van der Waals surface area contributed by atoms with Gasteiger partial charge in [-0.25, -0.2) is 0 Å². The van der Waals surface area contributed by atoms with Crippen molar-refractivity contribution in [2.45, 2.75) is 60.3 Å². The predicted molar refractivity (Wildman–Crippen MR) is 73.9 cm³/mol. The second kappa shape index (κ2) is 13.5. The van der Waals surface area contributed by atoms with Crippen molar-refractivity contribution in [3.8, 4) is 0 Å². The summed E-state index contributed by atoms with van der Waals surface area (Å²) in [5.74, 6) is 1.27. The molecule has 0 atom stereocenters. The van der Waals surface area contributed by atoms with Crippen LogP contribution in [0.15, 0.2) is 0 Å². The minimum absolute atomic E-state index is 0.206. The maximum absolute atomic E-state index is 11.1. The van der Waals surface area contributed by atoms with Crippen molar-refractivity contribution >= 4 is 5.91 Å². The van der Waals surface area contributed by atoms with Gasteiger partial charge >= 0.3 is 0 Å². The van der Waals surface area contributed by atoms with Gasteiger partial charge in [0.1, 0.15) is 0 Å². The lowest BCUT2D eigenvalue weighted by atomic mass is 10.1. The minimum Gasteiger partial charge on any atom is -0.396 e. The van der Waals surface area contributed by atoms with Crippen molar-refractivity contribution in [2.24, 2.45) is 11.8 Å². The molecule has 3 heteroatoms. The summed E-state index contributed by atoms with van der Waals surface area (Å²) in [6.45, 7) is 11.5. The summed E-state index contributed by atoms with van der Waals surface area (Å²) >= 11 is 0. The van der Waals surface area contributed by atoms with Crippen molar-refractivity contribution in [3.05, 3.63) is 0 Å². The fraction of sp³-hybridized carbons (Fsp3) is 0.929. The normalized spacial score (nSPS) is 10.1. The Bertz CT molecular complexity index is 168. The molecule has 0 unspecified atom stereocenters. The summed E-state index contributed by atoms with van der Waals surface area (Å²) < 4.78 is 0. The zero-order chi connectivity index (χ0) is 13.7. The highest BCUT2D eigenvalue weighted by atomic mass is 16.3. The van der Waals surface area contributed by atoms with Gasteiger partial charge in [-0.3, -0.25) is 4.79 Å². The van der Waals surface area contributed by atoms with Crippen LogP contribution in [0.4, 0.5) is 0 Å². The van der Waals surface area contributed by atoms with Gasteiger partial charge in [0.25, 0.3) is 0 Å². The van der Waals surface area contributed by atoms with Crippen LogP contribution < -0.4 is 5.32 Å². The number of nitrogens with one attached hydrogen (secondary N) is 1. The third kappa shape index (κ3) is 21.3. The van der Waals surface area contributed by atoms with Crippen LogP contribution in [0.25, 0.3) is 0 Å². The molecule has 0 radical (unpaired) electrons. The van der Waals surface area contributed by atoms with Gasteiger partial charge in [-0.2, -0.15) is 0 Å². The SMILES string of the molecule is CC(C)CO.CCCCNC(=O)CCC(C)C. The van der Waals surface area contributed by atoms with E-state index in [-0.39, 0.29) is 5.91 Å². The zero-order valence-corrected chi connectivity index (χ0v) is 12.3. The first kappa shape index (κ1) is 18.8. The Balaban J connectivity index is 0. The average Bonchev–Trinajstić information content (AvgIpc) is 2.27. The number of aliphatic hydroxyl groups excluding tert-OH is 1. The Hall–Kier alpha value is -0.570. The highest BCUT2D eigenvalue weighted by molar-refractivity contribution is 5.75. The second-order valence-electron chi connectivity index (χ2n) is 5.21. The summed E-state index contributed by atoms with van der Waals surface area (Å²) in [5, 5.41) is 11.0. The molecule has 0 aromatic heterocycles. The van der Waals surface area contributed by atoms with Crippen LogP contribution in [-0.2, 0) is 4.79 Å². The van der Waals surface area contributed by atoms with Gasteiger partial charge in [-0.15, -0.1) is 0 Å². The van der Waals surface area contributed by atoms with Gasteiger partial charge in [0.2, 0.25) is 5.91 Å². The molecule has 0 aromatic rings. The van der Waals surface area contributed by atoms with Crippen LogP contribution >= 0.6 is 0 Å². The van der Waals surface area contributed by atoms with Gasteiger partial charge in [0.15, 0.2) is 0 Å². The molecule has 1 amide bonds. The lowest BCUT2D eigenvalue weighted by Crippen LogP contribution is -2.24. The summed E-state index contributed by atoms with van der Waals surface area (Å²) in [6, 6.07) is 0. The van der Waals surface area contributed by atoms with E-state index in [1.54, 1.807) is 0 Å². The van der Waals surface area contributed by atoms with E-state index >= 15 is 0 Å². The predicted octanol–water partition coefficient (Wildman–Crippen LogP) is 2.97. The summed E-state index contributed by atoms with van der Waals surface area (Å²) in [4.78, 5) is 11.1. The fourth-order valence-corrected chi connectivity index (χ4v) is 0.913. The van der Waals surface area contributed by atoms with Crippen LogP contribution in [0.3, 0.4) is 0 Å². The van der Waals surface area contributed by atoms with Crippen LogP contribution in [0.2, 0.25) is 0 Å². The molecular weight excluding hydrogens is 214 g/mol. The van der Waals surface area contributed by atoms with E-state index in [1.165, 1.54) is 0 Å². The molecule has 0 aromatic carbocycles. The zero-order valence-electron chi connectivity index (χ0n) is 12.3. The Labute approximate surface area is 107 Å². The molecule has 3 nitrogen and oxygen atoms in total. The number of hydrogen-bond acceptors (Lipinski definition) is 2.